The van der Waals surface area contributed by atoms with Crippen LogP contribution >= 0.6 is 12.2 Å². The zero-order valence-electron chi connectivity index (χ0n) is 11.3. The van der Waals surface area contributed by atoms with Gasteiger partial charge >= 0.3 is 0 Å². The largest absolute Gasteiger partial charge is 0.329 e. The van der Waals surface area contributed by atoms with E-state index in [1.807, 2.05) is 32.0 Å². The van der Waals surface area contributed by atoms with E-state index in [1.165, 1.54) is 6.07 Å². The summed E-state index contributed by atoms with van der Waals surface area (Å²) >= 11 is 5.12. The molecule has 0 aliphatic heterocycles. The second-order valence-corrected chi connectivity index (χ2v) is 4.91. The van der Waals surface area contributed by atoms with Crippen LogP contribution < -0.4 is 16.2 Å². The summed E-state index contributed by atoms with van der Waals surface area (Å²) in [6, 6.07) is 12.4. The maximum absolute atomic E-state index is 13.5. The Bertz CT molecular complexity index is 628. The zero-order chi connectivity index (χ0) is 14.5. The van der Waals surface area contributed by atoms with Crippen LogP contribution in [0, 0.1) is 19.7 Å². The molecule has 0 heterocycles. The van der Waals surface area contributed by atoms with Gasteiger partial charge in [-0.1, -0.05) is 24.3 Å². The molecule has 0 fully saturated rings. The first-order valence-electron chi connectivity index (χ1n) is 6.21. The predicted molar refractivity (Wildman–Crippen MR) is 85.3 cm³/mol. The lowest BCUT2D eigenvalue weighted by Gasteiger charge is -2.14. The molecule has 104 valence electrons. The standard InChI is InChI=1S/C15H16FN3S/c1-10-7-8-11(2)14(9-10)18-19-15(20)17-13-6-4-3-5-12(13)16/h3-9,18H,1-2H3,(H2,17,19,20). The van der Waals surface area contributed by atoms with Gasteiger partial charge in [-0.2, -0.15) is 0 Å². The summed E-state index contributed by atoms with van der Waals surface area (Å²) < 4.78 is 13.5. The quantitative estimate of drug-likeness (QED) is 0.594. The summed E-state index contributed by atoms with van der Waals surface area (Å²) in [5, 5.41) is 3.10. The third-order valence-electron chi connectivity index (χ3n) is 2.83. The third-order valence-corrected chi connectivity index (χ3v) is 3.03. The summed E-state index contributed by atoms with van der Waals surface area (Å²) in [7, 11) is 0. The fourth-order valence-corrected chi connectivity index (χ4v) is 1.87. The number of halogens is 1. The molecule has 0 radical (unpaired) electrons. The SMILES string of the molecule is Cc1ccc(C)c(NNC(=S)Nc2ccccc2F)c1. The van der Waals surface area contributed by atoms with Crippen molar-refractivity contribution in [1.82, 2.24) is 5.43 Å². The van der Waals surface area contributed by atoms with Gasteiger partial charge in [0.25, 0.3) is 0 Å². The first kappa shape index (κ1) is 14.3. The second-order valence-electron chi connectivity index (χ2n) is 4.50. The van der Waals surface area contributed by atoms with Crippen molar-refractivity contribution in [3.8, 4) is 0 Å². The van der Waals surface area contributed by atoms with Crippen LogP contribution in [0.2, 0.25) is 0 Å². The van der Waals surface area contributed by atoms with Crippen LogP contribution in [0.3, 0.4) is 0 Å². The van der Waals surface area contributed by atoms with E-state index in [0.29, 0.717) is 10.8 Å². The van der Waals surface area contributed by atoms with Gasteiger partial charge in [0, 0.05) is 0 Å². The molecule has 0 amide bonds. The van der Waals surface area contributed by atoms with Crippen molar-refractivity contribution in [2.24, 2.45) is 0 Å². The summed E-state index contributed by atoms with van der Waals surface area (Å²) in [4.78, 5) is 0. The maximum atomic E-state index is 13.5. The molecular formula is C15H16FN3S. The summed E-state index contributed by atoms with van der Waals surface area (Å²) in [5.41, 5.74) is 9.38. The highest BCUT2D eigenvalue weighted by Gasteiger charge is 2.03. The van der Waals surface area contributed by atoms with Crippen LogP contribution in [0.25, 0.3) is 0 Å². The lowest BCUT2D eigenvalue weighted by atomic mass is 10.1. The van der Waals surface area contributed by atoms with E-state index in [1.54, 1.807) is 18.2 Å². The topological polar surface area (TPSA) is 36.1 Å². The molecule has 0 atom stereocenters. The first-order chi connectivity index (χ1) is 9.56. The minimum atomic E-state index is -0.344. The molecular weight excluding hydrogens is 273 g/mol. The van der Waals surface area contributed by atoms with Crippen molar-refractivity contribution in [2.45, 2.75) is 13.8 Å². The average molecular weight is 289 g/mol. The highest BCUT2D eigenvalue weighted by Crippen LogP contribution is 2.15. The van der Waals surface area contributed by atoms with Gasteiger partial charge in [0.1, 0.15) is 5.82 Å². The highest BCUT2D eigenvalue weighted by molar-refractivity contribution is 7.80. The van der Waals surface area contributed by atoms with E-state index >= 15 is 0 Å². The zero-order valence-corrected chi connectivity index (χ0v) is 12.1. The van der Waals surface area contributed by atoms with Crippen molar-refractivity contribution in [3.63, 3.8) is 0 Å². The van der Waals surface area contributed by atoms with Crippen LogP contribution in [-0.4, -0.2) is 5.11 Å². The van der Waals surface area contributed by atoms with Crippen molar-refractivity contribution in [3.05, 3.63) is 59.4 Å². The monoisotopic (exact) mass is 289 g/mol. The fourth-order valence-electron chi connectivity index (χ4n) is 1.71. The summed E-state index contributed by atoms with van der Waals surface area (Å²) in [5.74, 6) is -0.344. The molecule has 0 saturated heterocycles. The van der Waals surface area contributed by atoms with E-state index in [2.05, 4.69) is 16.2 Å². The minimum Gasteiger partial charge on any atom is -0.329 e. The molecule has 0 aromatic heterocycles. The lowest BCUT2D eigenvalue weighted by molar-refractivity contribution is 0.632. The van der Waals surface area contributed by atoms with Crippen LogP contribution in [0.15, 0.2) is 42.5 Å². The smallest absolute Gasteiger partial charge is 0.189 e. The van der Waals surface area contributed by atoms with Gasteiger partial charge in [-0.3, -0.25) is 10.9 Å². The Balaban J connectivity index is 1.96. The minimum absolute atomic E-state index is 0.302. The molecule has 2 aromatic rings. The van der Waals surface area contributed by atoms with Crippen LogP contribution in [0.4, 0.5) is 15.8 Å². The van der Waals surface area contributed by atoms with Crippen LogP contribution in [0.1, 0.15) is 11.1 Å². The molecule has 3 nitrogen and oxygen atoms in total. The van der Waals surface area contributed by atoms with Gasteiger partial charge < -0.3 is 5.32 Å². The molecule has 0 unspecified atom stereocenters. The van der Waals surface area contributed by atoms with Gasteiger partial charge in [0.05, 0.1) is 11.4 Å². The molecule has 0 bridgehead atoms. The van der Waals surface area contributed by atoms with E-state index < -0.39 is 0 Å². The predicted octanol–water partition coefficient (Wildman–Crippen LogP) is 3.76. The normalized spacial score (nSPS) is 9.95. The number of nitrogens with one attached hydrogen (secondary N) is 3. The number of benzene rings is 2. The number of rotatable bonds is 3. The Kier molecular flexibility index (Phi) is 4.53. The van der Waals surface area contributed by atoms with Gasteiger partial charge in [0.2, 0.25) is 0 Å². The van der Waals surface area contributed by atoms with Gasteiger partial charge in [-0.25, -0.2) is 4.39 Å². The number of thiocarbonyl (C=S) groups is 1. The molecule has 0 aliphatic rings. The van der Waals surface area contributed by atoms with Crippen LogP contribution in [-0.2, 0) is 0 Å². The first-order valence-corrected chi connectivity index (χ1v) is 6.62. The lowest BCUT2D eigenvalue weighted by Crippen LogP contribution is -2.33. The number of hydrogen-bond donors (Lipinski definition) is 3. The molecule has 20 heavy (non-hydrogen) atoms. The van der Waals surface area contributed by atoms with Crippen molar-refractivity contribution < 1.29 is 4.39 Å². The summed E-state index contributed by atoms with van der Waals surface area (Å²) in [6.45, 7) is 4.01. The number of hydrogen-bond acceptors (Lipinski definition) is 2. The van der Waals surface area contributed by atoms with E-state index in [-0.39, 0.29) is 5.82 Å². The molecule has 3 N–H and O–H groups in total. The Morgan fingerprint density at radius 1 is 1.05 bits per heavy atom. The number of hydrazine groups is 1. The van der Waals surface area contributed by atoms with Gasteiger partial charge in [0.15, 0.2) is 5.11 Å². The molecule has 5 heteroatoms. The average Bonchev–Trinajstić information content (AvgIpc) is 2.42. The fraction of sp³-hybridized carbons (Fsp3) is 0.133. The molecule has 2 rings (SSSR count). The van der Waals surface area contributed by atoms with E-state index in [0.717, 1.165) is 16.8 Å². The number of para-hydroxylation sites is 1. The van der Waals surface area contributed by atoms with E-state index in [4.69, 9.17) is 12.2 Å². The third kappa shape index (κ3) is 3.68. The Morgan fingerprint density at radius 3 is 2.55 bits per heavy atom. The number of anilines is 2. The Labute approximate surface area is 123 Å². The second kappa shape index (κ2) is 6.34. The number of aryl methyl sites for hydroxylation is 2. The molecule has 0 aliphatic carbocycles. The Morgan fingerprint density at radius 2 is 1.80 bits per heavy atom. The van der Waals surface area contributed by atoms with E-state index in [9.17, 15) is 4.39 Å². The maximum Gasteiger partial charge on any atom is 0.189 e. The summed E-state index contributed by atoms with van der Waals surface area (Å²) in [6.07, 6.45) is 0. The molecule has 2 aromatic carbocycles. The van der Waals surface area contributed by atoms with Crippen molar-refractivity contribution in [1.29, 1.82) is 0 Å². The van der Waals surface area contributed by atoms with Crippen molar-refractivity contribution in [2.75, 3.05) is 10.7 Å². The van der Waals surface area contributed by atoms with Crippen molar-refractivity contribution >= 4 is 28.7 Å². The highest BCUT2D eigenvalue weighted by atomic mass is 32.1. The van der Waals surface area contributed by atoms with Gasteiger partial charge in [-0.05, 0) is 55.4 Å². The Hall–Kier alpha value is -2.14. The van der Waals surface area contributed by atoms with Gasteiger partial charge in [-0.15, -0.1) is 0 Å². The molecule has 0 saturated carbocycles. The van der Waals surface area contributed by atoms with Crippen LogP contribution in [0.5, 0.6) is 0 Å². The molecule has 0 spiro atoms.